The lowest BCUT2D eigenvalue weighted by atomic mass is 10.1. The Morgan fingerprint density at radius 3 is 2.25 bits per heavy atom. The highest BCUT2D eigenvalue weighted by molar-refractivity contribution is 5.36. The standard InChI is InChI=1S/C12H12F3N/c13-9-7-11(14)10(12(15)8-9)5-3-1-2-4-6-16/h7-8H,1-2,4,6,16H2. The average Bonchev–Trinajstić information content (AvgIpc) is 2.20. The first kappa shape index (κ1) is 12.6. The minimum absolute atomic E-state index is 0.380. The molecule has 0 aromatic heterocycles. The summed E-state index contributed by atoms with van der Waals surface area (Å²) in [6, 6.07) is 1.24. The minimum Gasteiger partial charge on any atom is -0.330 e. The van der Waals surface area contributed by atoms with Crippen LogP contribution < -0.4 is 5.73 Å². The lowest BCUT2D eigenvalue weighted by molar-refractivity contribution is 0.539. The topological polar surface area (TPSA) is 26.0 Å². The minimum atomic E-state index is -0.969. The summed E-state index contributed by atoms with van der Waals surface area (Å²) in [6.07, 6.45) is 2.13. The first-order chi connectivity index (χ1) is 7.65. The molecule has 0 atom stereocenters. The van der Waals surface area contributed by atoms with Gasteiger partial charge in [0.2, 0.25) is 0 Å². The molecule has 0 saturated carbocycles. The van der Waals surface area contributed by atoms with Crippen molar-refractivity contribution in [3.63, 3.8) is 0 Å². The molecule has 16 heavy (non-hydrogen) atoms. The highest BCUT2D eigenvalue weighted by atomic mass is 19.1. The third kappa shape index (κ3) is 3.59. The molecule has 0 aliphatic heterocycles. The van der Waals surface area contributed by atoms with Crippen LogP contribution in [0.4, 0.5) is 13.2 Å². The summed E-state index contributed by atoms with van der Waals surface area (Å²) in [5, 5.41) is 0. The van der Waals surface area contributed by atoms with Crippen LogP contribution in [0.5, 0.6) is 0 Å². The van der Waals surface area contributed by atoms with Gasteiger partial charge >= 0.3 is 0 Å². The molecule has 1 rings (SSSR count). The Balaban J connectivity index is 2.73. The van der Waals surface area contributed by atoms with Crippen LogP contribution in [0, 0.1) is 29.3 Å². The fourth-order valence-electron chi connectivity index (χ4n) is 1.17. The van der Waals surface area contributed by atoms with Crippen LogP contribution in [0.15, 0.2) is 12.1 Å². The van der Waals surface area contributed by atoms with Crippen LogP contribution in [0.1, 0.15) is 24.8 Å². The number of hydrogen-bond donors (Lipinski definition) is 1. The van der Waals surface area contributed by atoms with E-state index in [1.165, 1.54) is 0 Å². The summed E-state index contributed by atoms with van der Waals surface area (Å²) in [5.41, 5.74) is 4.90. The van der Waals surface area contributed by atoms with E-state index >= 15 is 0 Å². The third-order valence-corrected chi connectivity index (χ3v) is 1.98. The van der Waals surface area contributed by atoms with Gasteiger partial charge in [-0.3, -0.25) is 0 Å². The van der Waals surface area contributed by atoms with Crippen LogP contribution in [0.25, 0.3) is 0 Å². The van der Waals surface area contributed by atoms with Crippen molar-refractivity contribution in [1.82, 2.24) is 0 Å². The van der Waals surface area contributed by atoms with Crippen molar-refractivity contribution in [2.45, 2.75) is 19.3 Å². The van der Waals surface area contributed by atoms with E-state index in [0.717, 1.165) is 12.8 Å². The van der Waals surface area contributed by atoms with Crippen molar-refractivity contribution >= 4 is 0 Å². The monoisotopic (exact) mass is 227 g/mol. The SMILES string of the molecule is NCCCCC#Cc1c(F)cc(F)cc1F. The van der Waals surface area contributed by atoms with Crippen LogP contribution in [0.2, 0.25) is 0 Å². The van der Waals surface area contributed by atoms with E-state index in [1.807, 2.05) is 0 Å². The first-order valence-corrected chi connectivity index (χ1v) is 4.98. The number of benzene rings is 1. The van der Waals surface area contributed by atoms with Crippen molar-refractivity contribution < 1.29 is 13.2 Å². The second-order valence-electron chi connectivity index (χ2n) is 3.29. The van der Waals surface area contributed by atoms with Crippen molar-refractivity contribution in [2.24, 2.45) is 5.73 Å². The maximum Gasteiger partial charge on any atom is 0.144 e. The average molecular weight is 227 g/mol. The maximum absolute atomic E-state index is 13.1. The number of unbranched alkanes of at least 4 members (excludes halogenated alkanes) is 2. The maximum atomic E-state index is 13.1. The Morgan fingerprint density at radius 2 is 1.69 bits per heavy atom. The van der Waals surface area contributed by atoms with E-state index in [9.17, 15) is 13.2 Å². The highest BCUT2D eigenvalue weighted by Crippen LogP contribution is 2.13. The molecule has 1 aromatic rings. The fraction of sp³-hybridized carbons (Fsp3) is 0.333. The van der Waals surface area contributed by atoms with Crippen LogP contribution in [-0.4, -0.2) is 6.54 Å². The molecule has 0 aliphatic carbocycles. The molecule has 1 nitrogen and oxygen atoms in total. The lowest BCUT2D eigenvalue weighted by Gasteiger charge is -1.97. The molecule has 1 aromatic carbocycles. The van der Waals surface area contributed by atoms with Gasteiger partial charge in [0.15, 0.2) is 0 Å². The second kappa shape index (κ2) is 6.19. The molecular formula is C12H12F3N. The molecule has 0 amide bonds. The summed E-state index contributed by atoms with van der Waals surface area (Å²) in [5.74, 6) is 2.11. The largest absolute Gasteiger partial charge is 0.330 e. The van der Waals surface area contributed by atoms with Crippen molar-refractivity contribution in [1.29, 1.82) is 0 Å². The van der Waals surface area contributed by atoms with Gasteiger partial charge in [-0.2, -0.15) is 0 Å². The van der Waals surface area contributed by atoms with Gasteiger partial charge < -0.3 is 5.73 Å². The van der Waals surface area contributed by atoms with Crippen molar-refractivity contribution in [2.75, 3.05) is 6.54 Å². The molecule has 0 radical (unpaired) electrons. The molecule has 0 spiro atoms. The van der Waals surface area contributed by atoms with E-state index in [0.29, 0.717) is 25.1 Å². The summed E-state index contributed by atoms with van der Waals surface area (Å²) >= 11 is 0. The molecule has 0 aliphatic rings. The third-order valence-electron chi connectivity index (χ3n) is 1.98. The summed E-state index contributed by atoms with van der Waals surface area (Å²) < 4.78 is 38.7. The molecule has 0 bridgehead atoms. The van der Waals surface area contributed by atoms with Crippen molar-refractivity contribution in [3.8, 4) is 11.8 Å². The first-order valence-electron chi connectivity index (χ1n) is 4.98. The molecule has 2 N–H and O–H groups in total. The fourth-order valence-corrected chi connectivity index (χ4v) is 1.17. The van der Waals surface area contributed by atoms with E-state index in [1.54, 1.807) is 0 Å². The Hall–Kier alpha value is -1.47. The number of rotatable bonds is 3. The quantitative estimate of drug-likeness (QED) is 0.623. The van der Waals surface area contributed by atoms with Gasteiger partial charge in [0.25, 0.3) is 0 Å². The molecule has 0 unspecified atom stereocenters. The molecule has 86 valence electrons. The van der Waals surface area contributed by atoms with Gasteiger partial charge in [-0.1, -0.05) is 11.8 Å². The second-order valence-corrected chi connectivity index (χ2v) is 3.29. The molecule has 0 fully saturated rings. The van der Waals surface area contributed by atoms with E-state index in [4.69, 9.17) is 5.73 Å². The van der Waals surface area contributed by atoms with E-state index in [2.05, 4.69) is 11.8 Å². The zero-order valence-electron chi connectivity index (χ0n) is 8.69. The normalized spacial score (nSPS) is 9.75. The van der Waals surface area contributed by atoms with E-state index < -0.39 is 17.5 Å². The summed E-state index contributed by atoms with van der Waals surface area (Å²) in [7, 11) is 0. The van der Waals surface area contributed by atoms with E-state index in [-0.39, 0.29) is 5.56 Å². The number of hydrogen-bond acceptors (Lipinski definition) is 1. The Kier molecular flexibility index (Phi) is 4.87. The van der Waals surface area contributed by atoms with Gasteiger partial charge in [0.05, 0.1) is 5.56 Å². The summed E-state index contributed by atoms with van der Waals surface area (Å²) in [4.78, 5) is 0. The Bertz CT molecular complexity index is 395. The summed E-state index contributed by atoms with van der Waals surface area (Å²) in [6.45, 7) is 0.570. The molecular weight excluding hydrogens is 215 g/mol. The highest BCUT2D eigenvalue weighted by Gasteiger charge is 2.08. The van der Waals surface area contributed by atoms with Crippen molar-refractivity contribution in [3.05, 3.63) is 35.1 Å². The predicted octanol–water partition coefficient (Wildman–Crippen LogP) is 2.58. The van der Waals surface area contributed by atoms with Crippen LogP contribution >= 0.6 is 0 Å². The Morgan fingerprint density at radius 1 is 1.06 bits per heavy atom. The zero-order valence-corrected chi connectivity index (χ0v) is 8.69. The van der Waals surface area contributed by atoms with Gasteiger partial charge in [0, 0.05) is 18.6 Å². The van der Waals surface area contributed by atoms with Gasteiger partial charge in [-0.25, -0.2) is 13.2 Å². The van der Waals surface area contributed by atoms with Gasteiger partial charge in [-0.15, -0.1) is 0 Å². The molecule has 0 heterocycles. The molecule has 0 saturated heterocycles. The predicted molar refractivity (Wildman–Crippen MR) is 56.1 cm³/mol. The van der Waals surface area contributed by atoms with Crippen LogP contribution in [-0.2, 0) is 0 Å². The zero-order chi connectivity index (χ0) is 12.0. The molecule has 4 heteroatoms. The Labute approximate surface area is 92.5 Å². The smallest absolute Gasteiger partial charge is 0.144 e. The van der Waals surface area contributed by atoms with Gasteiger partial charge in [0.1, 0.15) is 17.5 Å². The van der Waals surface area contributed by atoms with Gasteiger partial charge in [-0.05, 0) is 19.4 Å². The lowest BCUT2D eigenvalue weighted by Crippen LogP contribution is -1.97. The number of nitrogens with two attached hydrogens (primary N) is 1. The number of halogens is 3. The van der Waals surface area contributed by atoms with Crippen LogP contribution in [0.3, 0.4) is 0 Å².